The Labute approximate surface area is 154 Å². The van der Waals surface area contributed by atoms with Gasteiger partial charge in [0.15, 0.2) is 0 Å². The number of fused-ring (bicyclic) bond motifs is 1. The van der Waals surface area contributed by atoms with Gasteiger partial charge in [-0.3, -0.25) is 9.59 Å². The minimum absolute atomic E-state index is 0.106. The van der Waals surface area contributed by atoms with Gasteiger partial charge in [0.2, 0.25) is 0 Å². The van der Waals surface area contributed by atoms with Crippen molar-refractivity contribution in [3.05, 3.63) is 69.6 Å². The van der Waals surface area contributed by atoms with E-state index in [1.54, 1.807) is 16.8 Å². The normalized spacial score (nSPS) is 24.0. The Morgan fingerprint density at radius 1 is 1.23 bits per heavy atom. The molecule has 2 atom stereocenters. The molecule has 2 heterocycles. The number of hydrogen-bond acceptors (Lipinski definition) is 2. The molecule has 2 aromatic rings. The van der Waals surface area contributed by atoms with E-state index in [2.05, 4.69) is 45.0 Å². The molecule has 1 amide bonds. The highest BCUT2D eigenvalue weighted by molar-refractivity contribution is 5.94. The van der Waals surface area contributed by atoms with Crippen molar-refractivity contribution in [3.63, 3.8) is 0 Å². The summed E-state index contributed by atoms with van der Waals surface area (Å²) in [5.74, 6) is 0.768. The van der Waals surface area contributed by atoms with Crippen molar-refractivity contribution in [2.24, 2.45) is 11.8 Å². The molecule has 0 radical (unpaired) electrons. The van der Waals surface area contributed by atoms with Gasteiger partial charge in [-0.15, -0.1) is 0 Å². The van der Waals surface area contributed by atoms with Crippen LogP contribution >= 0.6 is 0 Å². The standard InChI is InChI=1S/C22H26N2O2/c1-15(2)12-23-10-4-5-19(20(23)25)21(26)24-13-18-11-22(18,14-24)17-8-6-16(3)7-9-17/h4-10,15,18H,11-14H2,1-3H3. The first-order valence-corrected chi connectivity index (χ1v) is 9.46. The maximum atomic E-state index is 13.0. The third kappa shape index (κ3) is 2.77. The first-order chi connectivity index (χ1) is 12.4. The minimum Gasteiger partial charge on any atom is -0.337 e. The third-order valence-electron chi connectivity index (χ3n) is 5.87. The van der Waals surface area contributed by atoms with Crippen molar-refractivity contribution in [2.45, 2.75) is 39.2 Å². The molecule has 1 saturated heterocycles. The average Bonchev–Trinajstić information content (AvgIpc) is 3.18. The fourth-order valence-corrected chi connectivity index (χ4v) is 4.38. The summed E-state index contributed by atoms with van der Waals surface area (Å²) in [6, 6.07) is 12.2. The number of likely N-dealkylation sites (tertiary alicyclic amines) is 1. The summed E-state index contributed by atoms with van der Waals surface area (Å²) in [6.07, 6.45) is 2.92. The van der Waals surface area contributed by atoms with Gasteiger partial charge >= 0.3 is 0 Å². The smallest absolute Gasteiger partial charge is 0.263 e. The van der Waals surface area contributed by atoms with Gasteiger partial charge in [-0.25, -0.2) is 0 Å². The second-order valence-corrected chi connectivity index (χ2v) is 8.38. The maximum Gasteiger partial charge on any atom is 0.263 e. The number of piperidine rings is 1. The largest absolute Gasteiger partial charge is 0.337 e. The van der Waals surface area contributed by atoms with E-state index in [9.17, 15) is 9.59 Å². The lowest BCUT2D eigenvalue weighted by Crippen LogP contribution is -2.37. The van der Waals surface area contributed by atoms with Crippen molar-refractivity contribution >= 4 is 5.91 Å². The molecule has 4 rings (SSSR count). The number of carbonyl (C=O) groups is 1. The molecule has 26 heavy (non-hydrogen) atoms. The van der Waals surface area contributed by atoms with E-state index >= 15 is 0 Å². The molecule has 2 aliphatic rings. The maximum absolute atomic E-state index is 13.0. The van der Waals surface area contributed by atoms with Crippen LogP contribution in [-0.4, -0.2) is 28.5 Å². The molecule has 2 fully saturated rings. The van der Waals surface area contributed by atoms with Gasteiger partial charge in [-0.1, -0.05) is 43.7 Å². The Hall–Kier alpha value is -2.36. The SMILES string of the molecule is Cc1ccc(C23CC2CN(C(=O)c2cccn(CC(C)C)c2=O)C3)cc1. The molecule has 4 heteroatoms. The van der Waals surface area contributed by atoms with Gasteiger partial charge < -0.3 is 9.47 Å². The van der Waals surface area contributed by atoms with Crippen LogP contribution < -0.4 is 5.56 Å². The summed E-state index contributed by atoms with van der Waals surface area (Å²) in [6.45, 7) is 8.34. The molecule has 2 unspecified atom stereocenters. The average molecular weight is 350 g/mol. The highest BCUT2D eigenvalue weighted by Crippen LogP contribution is 2.59. The molecule has 1 aliphatic heterocycles. The van der Waals surface area contributed by atoms with Gasteiger partial charge in [0.25, 0.3) is 11.5 Å². The Morgan fingerprint density at radius 3 is 2.65 bits per heavy atom. The number of carbonyl (C=O) groups excluding carboxylic acids is 1. The van der Waals surface area contributed by atoms with Gasteiger partial charge in [-0.05, 0) is 42.9 Å². The van der Waals surface area contributed by atoms with E-state index in [1.165, 1.54) is 11.1 Å². The topological polar surface area (TPSA) is 42.3 Å². The first kappa shape index (κ1) is 17.1. The molecular weight excluding hydrogens is 324 g/mol. The number of rotatable bonds is 4. The van der Waals surface area contributed by atoms with E-state index < -0.39 is 0 Å². The van der Waals surface area contributed by atoms with E-state index in [4.69, 9.17) is 0 Å². The van der Waals surface area contributed by atoms with Crippen LogP contribution in [0.25, 0.3) is 0 Å². The van der Waals surface area contributed by atoms with E-state index in [1.807, 2.05) is 11.0 Å². The van der Waals surface area contributed by atoms with Gasteiger partial charge in [0.05, 0.1) is 0 Å². The van der Waals surface area contributed by atoms with E-state index in [0.717, 1.165) is 19.5 Å². The number of pyridine rings is 1. The lowest BCUT2D eigenvalue weighted by molar-refractivity contribution is 0.0769. The van der Waals surface area contributed by atoms with Crippen LogP contribution in [0.2, 0.25) is 0 Å². The number of hydrogen-bond donors (Lipinski definition) is 0. The minimum atomic E-state index is -0.170. The molecule has 0 spiro atoms. The number of benzene rings is 1. The second kappa shape index (κ2) is 6.11. The summed E-state index contributed by atoms with van der Waals surface area (Å²) in [5, 5.41) is 0. The fraction of sp³-hybridized carbons (Fsp3) is 0.455. The molecule has 136 valence electrons. The predicted molar refractivity (Wildman–Crippen MR) is 102 cm³/mol. The second-order valence-electron chi connectivity index (χ2n) is 8.38. The van der Waals surface area contributed by atoms with Crippen LogP contribution in [-0.2, 0) is 12.0 Å². The van der Waals surface area contributed by atoms with Crippen LogP contribution in [0, 0.1) is 18.8 Å². The Balaban J connectivity index is 1.56. The van der Waals surface area contributed by atoms with Crippen molar-refractivity contribution in [1.29, 1.82) is 0 Å². The Bertz CT molecular complexity index is 897. The predicted octanol–water partition coefficient (Wildman–Crippen LogP) is 3.23. The third-order valence-corrected chi connectivity index (χ3v) is 5.87. The first-order valence-electron chi connectivity index (χ1n) is 9.46. The van der Waals surface area contributed by atoms with Gasteiger partial charge in [0, 0.05) is 31.2 Å². The number of aryl methyl sites for hydroxylation is 1. The molecular formula is C22H26N2O2. The lowest BCUT2D eigenvalue weighted by Gasteiger charge is -2.22. The fourth-order valence-electron chi connectivity index (χ4n) is 4.38. The van der Waals surface area contributed by atoms with Gasteiger partial charge in [-0.2, -0.15) is 0 Å². The molecule has 1 aromatic carbocycles. The summed E-state index contributed by atoms with van der Waals surface area (Å²) in [4.78, 5) is 27.6. The summed E-state index contributed by atoms with van der Waals surface area (Å²) < 4.78 is 1.66. The molecule has 1 saturated carbocycles. The van der Waals surface area contributed by atoms with Crippen LogP contribution in [0.15, 0.2) is 47.4 Å². The molecule has 1 aromatic heterocycles. The highest BCUT2D eigenvalue weighted by Gasteiger charge is 2.61. The summed E-state index contributed by atoms with van der Waals surface area (Å²) >= 11 is 0. The zero-order valence-electron chi connectivity index (χ0n) is 15.7. The highest BCUT2D eigenvalue weighted by atomic mass is 16.2. The lowest BCUT2D eigenvalue weighted by atomic mass is 9.94. The van der Waals surface area contributed by atoms with Crippen LogP contribution in [0.3, 0.4) is 0 Å². The monoisotopic (exact) mass is 350 g/mol. The molecule has 1 aliphatic carbocycles. The Kier molecular flexibility index (Phi) is 4.02. The van der Waals surface area contributed by atoms with E-state index in [-0.39, 0.29) is 16.9 Å². The van der Waals surface area contributed by atoms with Crippen LogP contribution in [0.1, 0.15) is 41.8 Å². The number of amides is 1. The van der Waals surface area contributed by atoms with Crippen LogP contribution in [0.5, 0.6) is 0 Å². The van der Waals surface area contributed by atoms with Crippen molar-refractivity contribution in [2.75, 3.05) is 13.1 Å². The summed E-state index contributed by atoms with van der Waals surface area (Å²) in [7, 11) is 0. The molecule has 4 nitrogen and oxygen atoms in total. The van der Waals surface area contributed by atoms with Crippen molar-refractivity contribution in [3.8, 4) is 0 Å². The zero-order chi connectivity index (χ0) is 18.5. The van der Waals surface area contributed by atoms with Crippen LogP contribution in [0.4, 0.5) is 0 Å². The quantitative estimate of drug-likeness (QED) is 0.850. The van der Waals surface area contributed by atoms with Gasteiger partial charge in [0.1, 0.15) is 5.56 Å². The Morgan fingerprint density at radius 2 is 1.96 bits per heavy atom. The summed E-state index contributed by atoms with van der Waals surface area (Å²) in [5.41, 5.74) is 2.82. The number of aromatic nitrogens is 1. The molecule has 0 bridgehead atoms. The van der Waals surface area contributed by atoms with E-state index in [0.29, 0.717) is 23.9 Å². The number of nitrogens with zero attached hydrogens (tertiary/aromatic N) is 2. The van der Waals surface area contributed by atoms with Crippen molar-refractivity contribution < 1.29 is 4.79 Å². The zero-order valence-corrected chi connectivity index (χ0v) is 15.7. The van der Waals surface area contributed by atoms with Crippen molar-refractivity contribution in [1.82, 2.24) is 9.47 Å². The molecule has 0 N–H and O–H groups in total.